The Hall–Kier alpha value is -3.02. The number of anilines is 2. The predicted octanol–water partition coefficient (Wildman–Crippen LogP) is 5.38. The fraction of sp³-hybridized carbons (Fsp3) is 0.440. The van der Waals surface area contributed by atoms with Crippen LogP contribution in [0.15, 0.2) is 36.4 Å². The Kier molecular flexibility index (Phi) is 6.88. The number of amides is 2. The van der Waals surface area contributed by atoms with Gasteiger partial charge in [-0.15, -0.1) is 0 Å². The van der Waals surface area contributed by atoms with E-state index in [9.17, 15) is 9.59 Å². The van der Waals surface area contributed by atoms with Crippen molar-refractivity contribution in [3.05, 3.63) is 47.5 Å². The zero-order valence-electron chi connectivity index (χ0n) is 19.0. The molecule has 2 N–H and O–H groups in total. The van der Waals surface area contributed by atoms with Crippen molar-refractivity contribution < 1.29 is 19.1 Å². The van der Waals surface area contributed by atoms with Crippen LogP contribution in [0, 0.1) is 5.92 Å². The van der Waals surface area contributed by atoms with Crippen LogP contribution in [0.2, 0.25) is 0 Å². The molecule has 31 heavy (non-hydrogen) atoms. The average Bonchev–Trinajstić information content (AvgIpc) is 3.56. The minimum atomic E-state index is -0.237. The van der Waals surface area contributed by atoms with Crippen molar-refractivity contribution in [3.63, 3.8) is 0 Å². The molecule has 0 atom stereocenters. The van der Waals surface area contributed by atoms with E-state index in [4.69, 9.17) is 9.47 Å². The standard InChI is InChI=1S/C25H32N2O4/c1-6-30-21-15-20(22(31-7-2)14-19(21)26-23(28)16-8-9-16)27-24(29)17-10-12-18(13-11-17)25(3,4)5/h10-16H,6-9H2,1-5H3,(H,26,28)(H,27,29). The second-order valence-corrected chi connectivity index (χ2v) is 8.76. The number of hydrogen-bond acceptors (Lipinski definition) is 4. The fourth-order valence-corrected chi connectivity index (χ4v) is 3.20. The second-order valence-electron chi connectivity index (χ2n) is 8.76. The maximum absolute atomic E-state index is 12.9. The number of carbonyl (C=O) groups is 2. The Bertz CT molecular complexity index is 941. The van der Waals surface area contributed by atoms with Crippen molar-refractivity contribution in [1.29, 1.82) is 0 Å². The molecule has 0 bridgehead atoms. The average molecular weight is 425 g/mol. The third-order valence-electron chi connectivity index (χ3n) is 5.15. The molecule has 0 spiro atoms. The topological polar surface area (TPSA) is 76.7 Å². The number of rotatable bonds is 8. The molecule has 0 unspecified atom stereocenters. The van der Waals surface area contributed by atoms with E-state index in [1.54, 1.807) is 12.1 Å². The minimum absolute atomic E-state index is 0.0147. The van der Waals surface area contributed by atoms with Crippen LogP contribution in [0.4, 0.5) is 11.4 Å². The molecule has 1 aliphatic carbocycles. The molecule has 0 heterocycles. The number of benzene rings is 2. The maximum atomic E-state index is 12.9. The van der Waals surface area contributed by atoms with Crippen molar-refractivity contribution in [3.8, 4) is 11.5 Å². The van der Waals surface area contributed by atoms with Gasteiger partial charge in [0.2, 0.25) is 5.91 Å². The lowest BCUT2D eigenvalue weighted by molar-refractivity contribution is -0.117. The molecule has 0 aliphatic heterocycles. The first-order chi connectivity index (χ1) is 14.7. The summed E-state index contributed by atoms with van der Waals surface area (Å²) in [6, 6.07) is 11.0. The summed E-state index contributed by atoms with van der Waals surface area (Å²) in [7, 11) is 0. The summed E-state index contributed by atoms with van der Waals surface area (Å²) in [5, 5.41) is 5.86. The van der Waals surface area contributed by atoms with Crippen molar-refractivity contribution in [2.75, 3.05) is 23.8 Å². The quantitative estimate of drug-likeness (QED) is 0.596. The molecule has 6 heteroatoms. The molecule has 1 fully saturated rings. The predicted molar refractivity (Wildman–Crippen MR) is 123 cm³/mol. The third-order valence-corrected chi connectivity index (χ3v) is 5.15. The summed E-state index contributed by atoms with van der Waals surface area (Å²) in [4.78, 5) is 25.2. The Morgan fingerprint density at radius 3 is 1.87 bits per heavy atom. The summed E-state index contributed by atoms with van der Waals surface area (Å²) in [5.41, 5.74) is 2.78. The molecule has 6 nitrogen and oxygen atoms in total. The van der Waals surface area contributed by atoms with Crippen LogP contribution in [0.25, 0.3) is 0 Å². The fourth-order valence-electron chi connectivity index (χ4n) is 3.20. The number of hydrogen-bond donors (Lipinski definition) is 2. The van der Waals surface area contributed by atoms with Gasteiger partial charge in [-0.05, 0) is 49.8 Å². The van der Waals surface area contributed by atoms with Gasteiger partial charge in [0.05, 0.1) is 24.6 Å². The maximum Gasteiger partial charge on any atom is 0.255 e. The van der Waals surface area contributed by atoms with E-state index >= 15 is 0 Å². The molecule has 0 radical (unpaired) electrons. The van der Waals surface area contributed by atoms with Crippen molar-refractivity contribution in [2.24, 2.45) is 5.92 Å². The van der Waals surface area contributed by atoms with Crippen LogP contribution in [-0.2, 0) is 10.2 Å². The highest BCUT2D eigenvalue weighted by Gasteiger charge is 2.30. The van der Waals surface area contributed by atoms with Crippen molar-refractivity contribution in [2.45, 2.75) is 52.9 Å². The number of ether oxygens (including phenoxy) is 2. The van der Waals surface area contributed by atoms with E-state index in [1.807, 2.05) is 38.1 Å². The summed E-state index contributed by atoms with van der Waals surface area (Å²) >= 11 is 0. The molecule has 2 amide bonds. The van der Waals surface area contributed by atoms with Gasteiger partial charge in [0, 0.05) is 23.6 Å². The summed E-state index contributed by atoms with van der Waals surface area (Å²) in [5.74, 6) is 0.799. The highest BCUT2D eigenvalue weighted by Crippen LogP contribution is 2.39. The van der Waals surface area contributed by atoms with Crippen LogP contribution in [0.3, 0.4) is 0 Å². The van der Waals surface area contributed by atoms with Gasteiger partial charge in [-0.3, -0.25) is 9.59 Å². The van der Waals surface area contributed by atoms with Gasteiger partial charge in [-0.1, -0.05) is 32.9 Å². The third kappa shape index (κ3) is 5.78. The molecule has 0 saturated heterocycles. The summed E-state index contributed by atoms with van der Waals surface area (Å²) in [6.07, 6.45) is 1.83. The molecule has 2 aromatic carbocycles. The van der Waals surface area contributed by atoms with Crippen LogP contribution >= 0.6 is 0 Å². The zero-order valence-corrected chi connectivity index (χ0v) is 19.0. The Labute approximate surface area is 184 Å². The Morgan fingerprint density at radius 2 is 1.42 bits per heavy atom. The highest BCUT2D eigenvalue weighted by atomic mass is 16.5. The van der Waals surface area contributed by atoms with E-state index in [0.29, 0.717) is 41.7 Å². The van der Waals surface area contributed by atoms with Gasteiger partial charge in [0.1, 0.15) is 11.5 Å². The molecule has 0 aromatic heterocycles. The van der Waals surface area contributed by atoms with Gasteiger partial charge in [0.25, 0.3) is 5.91 Å². The molecular formula is C25H32N2O4. The Balaban J connectivity index is 1.86. The first-order valence-electron chi connectivity index (χ1n) is 10.9. The van der Waals surface area contributed by atoms with Crippen molar-refractivity contribution >= 4 is 23.2 Å². The van der Waals surface area contributed by atoms with E-state index in [0.717, 1.165) is 18.4 Å². The second kappa shape index (κ2) is 9.41. The van der Waals surface area contributed by atoms with Crippen LogP contribution in [-0.4, -0.2) is 25.0 Å². The smallest absolute Gasteiger partial charge is 0.255 e. The summed E-state index contributed by atoms with van der Waals surface area (Å²) < 4.78 is 11.5. The van der Waals surface area contributed by atoms with Crippen LogP contribution < -0.4 is 20.1 Å². The van der Waals surface area contributed by atoms with Gasteiger partial charge >= 0.3 is 0 Å². The van der Waals surface area contributed by atoms with Gasteiger partial charge < -0.3 is 20.1 Å². The van der Waals surface area contributed by atoms with Gasteiger partial charge in [-0.2, -0.15) is 0 Å². The van der Waals surface area contributed by atoms with E-state index < -0.39 is 0 Å². The number of carbonyl (C=O) groups excluding carboxylic acids is 2. The SMILES string of the molecule is CCOc1cc(NC(=O)C2CC2)c(OCC)cc1NC(=O)c1ccc(C(C)(C)C)cc1. The normalized spacial score (nSPS) is 13.5. The molecule has 1 saturated carbocycles. The zero-order chi connectivity index (χ0) is 22.6. The van der Waals surface area contributed by atoms with E-state index in [2.05, 4.69) is 31.4 Å². The van der Waals surface area contributed by atoms with Gasteiger partial charge in [-0.25, -0.2) is 0 Å². The molecule has 166 valence electrons. The van der Waals surface area contributed by atoms with Crippen LogP contribution in [0.1, 0.15) is 63.4 Å². The lowest BCUT2D eigenvalue weighted by Crippen LogP contribution is -2.17. The van der Waals surface area contributed by atoms with Crippen LogP contribution in [0.5, 0.6) is 11.5 Å². The lowest BCUT2D eigenvalue weighted by Gasteiger charge is -2.19. The molecule has 3 rings (SSSR count). The minimum Gasteiger partial charge on any atom is -0.492 e. The largest absolute Gasteiger partial charge is 0.492 e. The first kappa shape index (κ1) is 22.7. The van der Waals surface area contributed by atoms with Gasteiger partial charge in [0.15, 0.2) is 0 Å². The van der Waals surface area contributed by atoms with Crippen molar-refractivity contribution in [1.82, 2.24) is 0 Å². The van der Waals surface area contributed by atoms with E-state index in [1.165, 1.54) is 0 Å². The Morgan fingerprint density at radius 1 is 0.903 bits per heavy atom. The monoisotopic (exact) mass is 424 g/mol. The highest BCUT2D eigenvalue weighted by molar-refractivity contribution is 6.05. The molecular weight excluding hydrogens is 392 g/mol. The van der Waals surface area contributed by atoms with E-state index in [-0.39, 0.29) is 23.1 Å². The molecule has 1 aliphatic rings. The summed E-state index contributed by atoms with van der Waals surface area (Å²) in [6.45, 7) is 11.0. The molecule has 2 aromatic rings. The first-order valence-corrected chi connectivity index (χ1v) is 10.9. The lowest BCUT2D eigenvalue weighted by atomic mass is 9.87. The number of nitrogens with one attached hydrogen (secondary N) is 2.